The largest absolute Gasteiger partial charge is 0.469 e. The minimum atomic E-state index is -0.493. The van der Waals surface area contributed by atoms with Crippen LogP contribution >= 0.6 is 0 Å². The fourth-order valence-corrected chi connectivity index (χ4v) is 5.20. The van der Waals surface area contributed by atoms with E-state index in [1.165, 1.54) is 13.2 Å². The number of ether oxygens (including phenoxy) is 1. The molecule has 6 nitrogen and oxygen atoms in total. The number of nitrogens with one attached hydrogen (secondary N) is 2. The lowest BCUT2D eigenvalue weighted by Gasteiger charge is -2.47. The first-order valence-corrected chi connectivity index (χ1v) is 10.2. The second-order valence-corrected chi connectivity index (χ2v) is 8.20. The van der Waals surface area contributed by atoms with Gasteiger partial charge in [0.25, 0.3) is 0 Å². The van der Waals surface area contributed by atoms with Crippen LogP contribution in [0.25, 0.3) is 22.3 Å². The van der Waals surface area contributed by atoms with Gasteiger partial charge in [0.2, 0.25) is 0 Å². The molecule has 3 saturated carbocycles. The number of hydrogen-bond donors (Lipinski definition) is 2. The Morgan fingerprint density at radius 2 is 1.90 bits per heavy atom. The molecule has 3 aromatic heterocycles. The fourth-order valence-electron chi connectivity index (χ4n) is 5.20. The number of halogens is 2. The molecule has 6 rings (SSSR count). The fraction of sp³-hybridized carbons (Fsp3) is 0.409. The van der Waals surface area contributed by atoms with Gasteiger partial charge < -0.3 is 15.0 Å². The van der Waals surface area contributed by atoms with Gasteiger partial charge in [-0.1, -0.05) is 0 Å². The Labute approximate surface area is 172 Å². The van der Waals surface area contributed by atoms with E-state index in [-0.39, 0.29) is 29.5 Å². The molecule has 156 valence electrons. The van der Waals surface area contributed by atoms with Crippen molar-refractivity contribution in [2.24, 2.45) is 17.8 Å². The van der Waals surface area contributed by atoms with E-state index in [4.69, 9.17) is 4.74 Å². The highest BCUT2D eigenvalue weighted by Gasteiger charge is 2.47. The van der Waals surface area contributed by atoms with Gasteiger partial charge in [0.05, 0.1) is 36.8 Å². The minimum absolute atomic E-state index is 0.184. The predicted molar refractivity (Wildman–Crippen MR) is 108 cm³/mol. The van der Waals surface area contributed by atoms with Crippen molar-refractivity contribution < 1.29 is 18.3 Å². The van der Waals surface area contributed by atoms with Crippen LogP contribution in [0.4, 0.5) is 14.5 Å². The Balaban J connectivity index is 1.50. The predicted octanol–water partition coefficient (Wildman–Crippen LogP) is 4.29. The summed E-state index contributed by atoms with van der Waals surface area (Å²) in [7, 11) is 1.40. The van der Waals surface area contributed by atoms with Crippen molar-refractivity contribution in [3.05, 3.63) is 42.4 Å². The van der Waals surface area contributed by atoms with Crippen LogP contribution in [0.2, 0.25) is 0 Å². The number of pyridine rings is 2. The Bertz CT molecular complexity index is 1110. The zero-order valence-electron chi connectivity index (χ0n) is 16.5. The molecular weight excluding hydrogens is 390 g/mol. The van der Waals surface area contributed by atoms with Gasteiger partial charge in [-0.2, -0.15) is 0 Å². The summed E-state index contributed by atoms with van der Waals surface area (Å²) in [6, 6.07) is 2.80. The van der Waals surface area contributed by atoms with E-state index < -0.39 is 11.6 Å². The lowest BCUT2D eigenvalue weighted by Crippen LogP contribution is -2.51. The molecule has 3 aromatic rings. The molecule has 0 amide bonds. The van der Waals surface area contributed by atoms with Crippen LogP contribution in [0.15, 0.2) is 30.7 Å². The van der Waals surface area contributed by atoms with Crippen LogP contribution in [0, 0.1) is 29.4 Å². The Morgan fingerprint density at radius 3 is 2.67 bits per heavy atom. The highest BCUT2D eigenvalue weighted by atomic mass is 19.1. The summed E-state index contributed by atoms with van der Waals surface area (Å²) in [5.41, 5.74) is 1.94. The van der Waals surface area contributed by atoms with E-state index in [0.29, 0.717) is 28.2 Å². The molecule has 3 aliphatic carbocycles. The molecular formula is C22H22F2N4O2. The van der Waals surface area contributed by atoms with Gasteiger partial charge in [0, 0.05) is 23.2 Å². The number of carbonyl (C=O) groups excluding carboxylic acids is 1. The van der Waals surface area contributed by atoms with Crippen molar-refractivity contribution in [2.75, 3.05) is 12.4 Å². The molecule has 0 unspecified atom stereocenters. The number of anilines is 1. The lowest BCUT2D eigenvalue weighted by atomic mass is 9.61. The standard InChI is InChI=1S/C22H22F2N4O2/c1-30-22(29)19-11-2-4-12(5-3-11)20(19)28-18-7-17(25-10-16(18)24)15-9-27-21-14(15)6-13(23)8-26-21/h6-12,19-20H,2-5H2,1H3,(H,25,28)(H,26,27)/t11?,12?,19-,20-/m0/s1. The van der Waals surface area contributed by atoms with E-state index in [1.807, 2.05) is 0 Å². The Kier molecular flexibility index (Phi) is 4.64. The quantitative estimate of drug-likeness (QED) is 0.625. The number of esters is 1. The van der Waals surface area contributed by atoms with Crippen molar-refractivity contribution >= 4 is 22.7 Å². The number of aromatic amines is 1. The Hall–Kier alpha value is -3.03. The second-order valence-electron chi connectivity index (χ2n) is 8.20. The summed E-state index contributed by atoms with van der Waals surface area (Å²) in [5, 5.41) is 3.87. The highest BCUT2D eigenvalue weighted by molar-refractivity contribution is 5.93. The third-order valence-corrected chi connectivity index (χ3v) is 6.64. The third kappa shape index (κ3) is 3.11. The lowest BCUT2D eigenvalue weighted by molar-refractivity contribution is -0.152. The van der Waals surface area contributed by atoms with Gasteiger partial charge in [-0.25, -0.2) is 13.8 Å². The molecule has 0 spiro atoms. The molecule has 8 heteroatoms. The molecule has 30 heavy (non-hydrogen) atoms. The van der Waals surface area contributed by atoms with Crippen LogP contribution in [0.1, 0.15) is 25.7 Å². The molecule has 3 aliphatic rings. The first kappa shape index (κ1) is 19.0. The van der Waals surface area contributed by atoms with Crippen LogP contribution in [-0.2, 0) is 9.53 Å². The number of fused-ring (bicyclic) bond motifs is 4. The molecule has 0 aromatic carbocycles. The summed E-state index contributed by atoms with van der Waals surface area (Å²) in [6.07, 6.45) is 8.00. The monoisotopic (exact) mass is 412 g/mol. The molecule has 0 radical (unpaired) electrons. The van der Waals surface area contributed by atoms with Crippen molar-refractivity contribution in [3.8, 4) is 11.3 Å². The maximum Gasteiger partial charge on any atom is 0.311 e. The number of carbonyl (C=O) groups is 1. The van der Waals surface area contributed by atoms with E-state index in [0.717, 1.165) is 38.1 Å². The highest BCUT2D eigenvalue weighted by Crippen LogP contribution is 2.47. The molecule has 0 saturated heterocycles. The molecule has 2 atom stereocenters. The maximum atomic E-state index is 14.7. The molecule has 0 aliphatic heterocycles. The van der Waals surface area contributed by atoms with Crippen LogP contribution in [0.3, 0.4) is 0 Å². The molecule has 2 N–H and O–H groups in total. The number of hydrogen-bond acceptors (Lipinski definition) is 5. The Morgan fingerprint density at radius 1 is 1.13 bits per heavy atom. The number of H-pyrrole nitrogens is 1. The van der Waals surface area contributed by atoms with Gasteiger partial charge in [0.1, 0.15) is 11.5 Å². The SMILES string of the molecule is COC(=O)[C@H]1C2CCC(CC2)[C@@H]1Nc1cc(-c2c[nH]c3ncc(F)cc23)ncc1F. The number of nitrogens with zero attached hydrogens (tertiary/aromatic N) is 2. The topological polar surface area (TPSA) is 79.9 Å². The first-order valence-electron chi connectivity index (χ1n) is 10.2. The number of aromatic nitrogens is 3. The molecule has 3 heterocycles. The minimum Gasteiger partial charge on any atom is -0.469 e. The molecule has 3 fully saturated rings. The zero-order valence-corrected chi connectivity index (χ0v) is 16.5. The van der Waals surface area contributed by atoms with E-state index in [9.17, 15) is 13.6 Å². The normalized spacial score (nSPS) is 25.4. The van der Waals surface area contributed by atoms with E-state index in [2.05, 4.69) is 20.3 Å². The summed E-state index contributed by atoms with van der Waals surface area (Å²) in [4.78, 5) is 23.7. The summed E-state index contributed by atoms with van der Waals surface area (Å²) in [6.45, 7) is 0. The molecule has 2 bridgehead atoms. The van der Waals surface area contributed by atoms with Gasteiger partial charge in [-0.15, -0.1) is 0 Å². The van der Waals surface area contributed by atoms with Crippen LogP contribution < -0.4 is 5.32 Å². The van der Waals surface area contributed by atoms with Crippen molar-refractivity contribution in [3.63, 3.8) is 0 Å². The van der Waals surface area contributed by atoms with Crippen LogP contribution in [-0.4, -0.2) is 34.1 Å². The summed E-state index contributed by atoms with van der Waals surface area (Å²) < 4.78 is 33.4. The summed E-state index contributed by atoms with van der Waals surface area (Å²) >= 11 is 0. The van der Waals surface area contributed by atoms with E-state index >= 15 is 0 Å². The summed E-state index contributed by atoms with van der Waals surface area (Å²) in [5.74, 6) is -0.927. The van der Waals surface area contributed by atoms with Crippen LogP contribution in [0.5, 0.6) is 0 Å². The number of methoxy groups -OCH3 is 1. The van der Waals surface area contributed by atoms with Gasteiger partial charge in [-0.3, -0.25) is 9.78 Å². The van der Waals surface area contributed by atoms with Gasteiger partial charge in [0.15, 0.2) is 5.82 Å². The average molecular weight is 412 g/mol. The first-order chi connectivity index (χ1) is 14.5. The average Bonchev–Trinajstić information content (AvgIpc) is 3.18. The van der Waals surface area contributed by atoms with Crippen molar-refractivity contribution in [1.82, 2.24) is 15.0 Å². The zero-order chi connectivity index (χ0) is 20.8. The van der Waals surface area contributed by atoms with E-state index in [1.54, 1.807) is 12.3 Å². The van der Waals surface area contributed by atoms with Gasteiger partial charge >= 0.3 is 5.97 Å². The van der Waals surface area contributed by atoms with Crippen molar-refractivity contribution in [1.29, 1.82) is 0 Å². The number of rotatable bonds is 4. The maximum absolute atomic E-state index is 14.7. The third-order valence-electron chi connectivity index (χ3n) is 6.64. The smallest absolute Gasteiger partial charge is 0.311 e. The second kappa shape index (κ2) is 7.34. The van der Waals surface area contributed by atoms with Gasteiger partial charge in [-0.05, 0) is 49.7 Å². The van der Waals surface area contributed by atoms with Crippen molar-refractivity contribution in [2.45, 2.75) is 31.7 Å².